The lowest BCUT2D eigenvalue weighted by molar-refractivity contribution is -0.141. The molecule has 7 heteroatoms. The van der Waals surface area contributed by atoms with Crippen molar-refractivity contribution >= 4 is 17.7 Å². The monoisotopic (exact) mass is 400 g/mol. The summed E-state index contributed by atoms with van der Waals surface area (Å²) >= 11 is 0. The van der Waals surface area contributed by atoms with E-state index >= 15 is 0 Å². The largest absolute Gasteiger partial charge is 0.494 e. The molecule has 0 aliphatic rings. The molecule has 1 N–H and O–H groups in total. The van der Waals surface area contributed by atoms with Crippen LogP contribution in [0, 0.1) is 13.8 Å². The Labute approximate surface area is 171 Å². The zero-order valence-electron chi connectivity index (χ0n) is 17.4. The number of hydrogen-bond donors (Lipinski definition) is 1. The lowest BCUT2D eigenvalue weighted by Crippen LogP contribution is -2.31. The van der Waals surface area contributed by atoms with Gasteiger partial charge in [0.05, 0.1) is 6.61 Å². The fraction of sp³-hybridized carbons (Fsp3) is 0.409. The van der Waals surface area contributed by atoms with Gasteiger partial charge < -0.3 is 19.4 Å². The van der Waals surface area contributed by atoms with E-state index in [2.05, 4.69) is 16.8 Å². The van der Waals surface area contributed by atoms with Crippen molar-refractivity contribution in [1.29, 1.82) is 0 Å². The molecule has 156 valence electrons. The van der Waals surface area contributed by atoms with Gasteiger partial charge in [-0.1, -0.05) is 6.92 Å². The van der Waals surface area contributed by atoms with Gasteiger partial charge in [-0.2, -0.15) is 0 Å². The number of carbonyl (C=O) groups excluding carboxylic acids is 3. The molecule has 2 aromatic rings. The molecule has 0 radical (unpaired) electrons. The van der Waals surface area contributed by atoms with Crippen LogP contribution in [0.4, 0.5) is 0 Å². The summed E-state index contributed by atoms with van der Waals surface area (Å²) in [5, 5.41) is 2.49. The van der Waals surface area contributed by atoms with E-state index in [1.54, 1.807) is 24.3 Å². The minimum Gasteiger partial charge on any atom is -0.494 e. The number of rotatable bonds is 10. The number of esters is 1. The highest BCUT2D eigenvalue weighted by molar-refractivity contribution is 6.00. The van der Waals surface area contributed by atoms with Crippen molar-refractivity contribution in [3.63, 3.8) is 0 Å². The highest BCUT2D eigenvalue weighted by atomic mass is 16.5. The predicted octanol–water partition coefficient (Wildman–Crippen LogP) is 3.07. The van der Waals surface area contributed by atoms with Crippen molar-refractivity contribution in [2.24, 2.45) is 0 Å². The van der Waals surface area contributed by atoms with Crippen molar-refractivity contribution in [3.05, 3.63) is 52.8 Å². The zero-order chi connectivity index (χ0) is 21.4. The van der Waals surface area contributed by atoms with Crippen LogP contribution in [0.15, 0.2) is 30.3 Å². The van der Waals surface area contributed by atoms with E-state index in [1.807, 2.05) is 26.8 Å². The first-order chi connectivity index (χ1) is 13.9. The second kappa shape index (κ2) is 10.5. The first-order valence-corrected chi connectivity index (χ1v) is 9.74. The van der Waals surface area contributed by atoms with Crippen molar-refractivity contribution in [3.8, 4) is 5.75 Å². The standard InChI is InChI=1S/C22H28N2O5/c1-5-11-24-15(3)12-19(16(24)4)20(25)14-29-21(26)13-23-22(27)17-7-9-18(10-8-17)28-6-2/h7-10,12H,5-6,11,13-14H2,1-4H3,(H,23,27). The molecule has 1 aromatic carbocycles. The number of carbonyl (C=O) groups is 3. The van der Waals surface area contributed by atoms with Gasteiger partial charge in [0.15, 0.2) is 6.61 Å². The fourth-order valence-corrected chi connectivity index (χ4v) is 3.05. The average Bonchev–Trinajstić information content (AvgIpc) is 2.99. The molecule has 1 heterocycles. The molecule has 0 saturated heterocycles. The molecule has 0 unspecified atom stereocenters. The van der Waals surface area contributed by atoms with E-state index in [0.717, 1.165) is 24.4 Å². The second-order valence-corrected chi connectivity index (χ2v) is 6.66. The summed E-state index contributed by atoms with van der Waals surface area (Å²) in [7, 11) is 0. The molecule has 0 saturated carbocycles. The van der Waals surface area contributed by atoms with E-state index in [0.29, 0.717) is 23.5 Å². The Morgan fingerprint density at radius 2 is 1.76 bits per heavy atom. The normalized spacial score (nSPS) is 10.5. The van der Waals surface area contributed by atoms with Gasteiger partial charge in [-0.3, -0.25) is 14.4 Å². The van der Waals surface area contributed by atoms with Crippen LogP contribution < -0.4 is 10.1 Å². The van der Waals surface area contributed by atoms with Crippen molar-refractivity contribution in [1.82, 2.24) is 9.88 Å². The van der Waals surface area contributed by atoms with Gasteiger partial charge in [0.2, 0.25) is 5.78 Å². The SMILES string of the molecule is CCCn1c(C)cc(C(=O)COC(=O)CNC(=O)c2ccc(OCC)cc2)c1C. The number of aromatic nitrogens is 1. The third-order valence-electron chi connectivity index (χ3n) is 4.51. The van der Waals surface area contributed by atoms with Gasteiger partial charge in [0.1, 0.15) is 12.3 Å². The van der Waals surface area contributed by atoms with E-state index in [-0.39, 0.29) is 18.9 Å². The molecular formula is C22H28N2O5. The Morgan fingerprint density at radius 1 is 1.07 bits per heavy atom. The Hall–Kier alpha value is -3.09. The maximum atomic E-state index is 12.4. The zero-order valence-corrected chi connectivity index (χ0v) is 17.4. The Kier molecular flexibility index (Phi) is 8.00. The summed E-state index contributed by atoms with van der Waals surface area (Å²) in [6.45, 7) is 8.49. The first-order valence-electron chi connectivity index (χ1n) is 9.74. The summed E-state index contributed by atoms with van der Waals surface area (Å²) in [6, 6.07) is 8.41. The number of hydrogen-bond acceptors (Lipinski definition) is 5. The Bertz CT molecular complexity index is 868. The van der Waals surface area contributed by atoms with E-state index in [1.165, 1.54) is 0 Å². The van der Waals surface area contributed by atoms with Crippen LogP contribution in [-0.2, 0) is 16.1 Å². The number of Topliss-reactive ketones (excluding diaryl/α,β-unsaturated/α-hetero) is 1. The maximum absolute atomic E-state index is 12.4. The van der Waals surface area contributed by atoms with Gasteiger partial charge >= 0.3 is 5.97 Å². The van der Waals surface area contributed by atoms with Crippen molar-refractivity contribution in [2.75, 3.05) is 19.8 Å². The Morgan fingerprint density at radius 3 is 2.38 bits per heavy atom. The number of nitrogens with one attached hydrogen (secondary N) is 1. The highest BCUT2D eigenvalue weighted by Crippen LogP contribution is 2.16. The molecule has 0 aliphatic carbocycles. The molecular weight excluding hydrogens is 372 g/mol. The molecule has 0 atom stereocenters. The van der Waals surface area contributed by atoms with Crippen LogP contribution in [-0.4, -0.2) is 42.0 Å². The average molecular weight is 400 g/mol. The Balaban J connectivity index is 1.83. The molecule has 0 fully saturated rings. The van der Waals surface area contributed by atoms with Crippen molar-refractivity contribution in [2.45, 2.75) is 40.7 Å². The fourth-order valence-electron chi connectivity index (χ4n) is 3.05. The number of ether oxygens (including phenoxy) is 2. The topological polar surface area (TPSA) is 86.6 Å². The summed E-state index contributed by atoms with van der Waals surface area (Å²) < 4.78 is 12.4. The van der Waals surface area contributed by atoms with Gasteiger partial charge in [0.25, 0.3) is 5.91 Å². The molecule has 7 nitrogen and oxygen atoms in total. The third kappa shape index (κ3) is 5.94. The molecule has 29 heavy (non-hydrogen) atoms. The van der Waals surface area contributed by atoms with Crippen LogP contribution >= 0.6 is 0 Å². The highest BCUT2D eigenvalue weighted by Gasteiger charge is 2.17. The quantitative estimate of drug-likeness (QED) is 0.489. The van der Waals surface area contributed by atoms with Crippen LogP contribution in [0.5, 0.6) is 5.75 Å². The third-order valence-corrected chi connectivity index (χ3v) is 4.51. The lowest BCUT2D eigenvalue weighted by Gasteiger charge is -2.08. The van der Waals surface area contributed by atoms with Crippen molar-refractivity contribution < 1.29 is 23.9 Å². The van der Waals surface area contributed by atoms with Gasteiger partial charge in [-0.25, -0.2) is 0 Å². The number of benzene rings is 1. The van der Waals surface area contributed by atoms with Crippen LogP contribution in [0.2, 0.25) is 0 Å². The summed E-state index contributed by atoms with van der Waals surface area (Å²) in [4.78, 5) is 36.4. The minimum atomic E-state index is -0.667. The lowest BCUT2D eigenvalue weighted by atomic mass is 10.1. The molecule has 0 bridgehead atoms. The second-order valence-electron chi connectivity index (χ2n) is 6.66. The van der Waals surface area contributed by atoms with Gasteiger partial charge in [0, 0.05) is 29.1 Å². The molecule has 1 amide bonds. The van der Waals surface area contributed by atoms with Crippen LogP contribution in [0.1, 0.15) is 52.4 Å². The van der Waals surface area contributed by atoms with E-state index < -0.39 is 11.9 Å². The van der Waals surface area contributed by atoms with Crippen LogP contribution in [0.25, 0.3) is 0 Å². The number of aryl methyl sites for hydroxylation is 1. The summed E-state index contributed by atoms with van der Waals surface area (Å²) in [6.07, 6.45) is 0.965. The van der Waals surface area contributed by atoms with Gasteiger partial charge in [-0.05, 0) is 57.5 Å². The number of ketones is 1. The summed E-state index contributed by atoms with van der Waals surface area (Å²) in [5.41, 5.74) is 2.83. The molecule has 0 spiro atoms. The molecule has 2 rings (SSSR count). The van der Waals surface area contributed by atoms with E-state index in [9.17, 15) is 14.4 Å². The minimum absolute atomic E-state index is 0.258. The predicted molar refractivity (Wildman–Crippen MR) is 109 cm³/mol. The number of nitrogens with zero attached hydrogens (tertiary/aromatic N) is 1. The number of amides is 1. The summed E-state index contributed by atoms with van der Waals surface area (Å²) in [5.74, 6) is -0.661. The van der Waals surface area contributed by atoms with Gasteiger partial charge in [-0.15, -0.1) is 0 Å². The van der Waals surface area contributed by atoms with E-state index in [4.69, 9.17) is 9.47 Å². The van der Waals surface area contributed by atoms with Crippen LogP contribution in [0.3, 0.4) is 0 Å². The molecule has 0 aliphatic heterocycles. The molecule has 1 aromatic heterocycles. The smallest absolute Gasteiger partial charge is 0.325 e. The maximum Gasteiger partial charge on any atom is 0.325 e. The first kappa shape index (κ1) is 22.2.